The molecular formula is C12H10F2N2O2S. The van der Waals surface area contributed by atoms with Gasteiger partial charge in [-0.25, -0.2) is 18.6 Å². The van der Waals surface area contributed by atoms with Crippen LogP contribution in [0.2, 0.25) is 0 Å². The van der Waals surface area contributed by atoms with Gasteiger partial charge in [-0.2, -0.15) is 0 Å². The van der Waals surface area contributed by atoms with Crippen molar-refractivity contribution in [3.63, 3.8) is 0 Å². The summed E-state index contributed by atoms with van der Waals surface area (Å²) in [6.07, 6.45) is 0.484. The third-order valence-corrected chi connectivity index (χ3v) is 3.40. The Morgan fingerprint density at radius 3 is 2.68 bits per heavy atom. The molecule has 0 saturated carbocycles. The molecule has 4 nitrogen and oxygen atoms in total. The van der Waals surface area contributed by atoms with E-state index in [9.17, 15) is 13.6 Å². The van der Waals surface area contributed by atoms with E-state index in [0.29, 0.717) is 22.9 Å². The molecule has 0 aliphatic heterocycles. The number of hydrogen-bond acceptors (Lipinski definition) is 4. The van der Waals surface area contributed by atoms with Crippen LogP contribution in [0.15, 0.2) is 18.2 Å². The molecule has 0 unspecified atom stereocenters. The fourth-order valence-electron chi connectivity index (χ4n) is 1.51. The van der Waals surface area contributed by atoms with Gasteiger partial charge in [0.1, 0.15) is 4.88 Å². The Bertz CT molecular complexity index is 628. The smallest absolute Gasteiger partial charge is 0.347 e. The largest absolute Gasteiger partial charge is 0.477 e. The van der Waals surface area contributed by atoms with E-state index in [1.54, 1.807) is 6.92 Å². The highest BCUT2D eigenvalue weighted by Gasteiger charge is 2.16. The average molecular weight is 284 g/mol. The van der Waals surface area contributed by atoms with Gasteiger partial charge in [-0.15, -0.1) is 0 Å². The van der Waals surface area contributed by atoms with Gasteiger partial charge in [-0.1, -0.05) is 18.3 Å². The number of rotatable bonds is 4. The first-order valence-electron chi connectivity index (χ1n) is 5.46. The fraction of sp³-hybridized carbons (Fsp3) is 0.167. The van der Waals surface area contributed by atoms with Crippen LogP contribution >= 0.6 is 11.3 Å². The summed E-state index contributed by atoms with van der Waals surface area (Å²) in [4.78, 5) is 15.2. The molecule has 1 heterocycles. The summed E-state index contributed by atoms with van der Waals surface area (Å²) in [6, 6.07) is 3.33. The zero-order valence-corrected chi connectivity index (χ0v) is 10.7. The van der Waals surface area contributed by atoms with Crippen LogP contribution in [0.3, 0.4) is 0 Å². The van der Waals surface area contributed by atoms with Crippen molar-refractivity contribution in [3.05, 3.63) is 40.4 Å². The molecule has 100 valence electrons. The van der Waals surface area contributed by atoms with Crippen molar-refractivity contribution in [1.82, 2.24) is 4.98 Å². The number of thiazole rings is 1. The maximum absolute atomic E-state index is 13.0. The second-order valence-corrected chi connectivity index (χ2v) is 4.71. The summed E-state index contributed by atoms with van der Waals surface area (Å²) in [5, 5.41) is 12.1. The number of benzene rings is 1. The Hall–Kier alpha value is -2.02. The van der Waals surface area contributed by atoms with Crippen molar-refractivity contribution in [3.8, 4) is 0 Å². The zero-order valence-electron chi connectivity index (χ0n) is 9.91. The molecule has 2 N–H and O–H groups in total. The second kappa shape index (κ2) is 5.31. The number of carboxylic acid groups (broad SMARTS) is 1. The Morgan fingerprint density at radius 2 is 2.16 bits per heavy atom. The van der Waals surface area contributed by atoms with Gasteiger partial charge in [-0.3, -0.25) is 0 Å². The molecule has 0 spiro atoms. The number of aromatic nitrogens is 1. The van der Waals surface area contributed by atoms with Gasteiger partial charge in [0.2, 0.25) is 0 Å². The summed E-state index contributed by atoms with van der Waals surface area (Å²) < 4.78 is 25.8. The molecule has 0 bridgehead atoms. The number of aryl methyl sites for hydroxylation is 1. The highest BCUT2D eigenvalue weighted by atomic mass is 32.1. The van der Waals surface area contributed by atoms with Crippen LogP contribution in [-0.4, -0.2) is 16.1 Å². The van der Waals surface area contributed by atoms with E-state index in [4.69, 9.17) is 5.11 Å². The molecular weight excluding hydrogens is 274 g/mol. The average Bonchev–Trinajstić information content (AvgIpc) is 2.77. The third kappa shape index (κ3) is 2.87. The van der Waals surface area contributed by atoms with Crippen LogP contribution in [-0.2, 0) is 6.42 Å². The number of anilines is 2. The van der Waals surface area contributed by atoms with Crippen LogP contribution < -0.4 is 5.32 Å². The normalized spacial score (nSPS) is 10.5. The molecule has 0 radical (unpaired) electrons. The van der Waals surface area contributed by atoms with E-state index in [1.165, 1.54) is 6.07 Å². The lowest BCUT2D eigenvalue weighted by atomic mass is 10.3. The van der Waals surface area contributed by atoms with Gasteiger partial charge in [0.25, 0.3) is 0 Å². The lowest BCUT2D eigenvalue weighted by Gasteiger charge is -2.02. The monoisotopic (exact) mass is 284 g/mol. The molecule has 2 aromatic rings. The summed E-state index contributed by atoms with van der Waals surface area (Å²) in [6.45, 7) is 1.79. The standard InChI is InChI=1S/C12H10F2N2O2S/c1-2-9-10(11(17)18)19-12(16-9)15-6-3-4-7(13)8(14)5-6/h3-5H,2H2,1H3,(H,15,16)(H,17,18). The molecule has 0 atom stereocenters. The third-order valence-electron chi connectivity index (χ3n) is 2.40. The maximum Gasteiger partial charge on any atom is 0.347 e. The van der Waals surface area contributed by atoms with Gasteiger partial charge in [0.05, 0.1) is 5.69 Å². The minimum atomic E-state index is -1.05. The maximum atomic E-state index is 13.0. The molecule has 0 aliphatic rings. The number of hydrogen-bond donors (Lipinski definition) is 2. The van der Waals surface area contributed by atoms with Gasteiger partial charge in [0, 0.05) is 11.8 Å². The number of carboxylic acids is 1. The SMILES string of the molecule is CCc1nc(Nc2ccc(F)c(F)c2)sc1C(=O)O. The molecule has 19 heavy (non-hydrogen) atoms. The quantitative estimate of drug-likeness (QED) is 0.903. The minimum Gasteiger partial charge on any atom is -0.477 e. The first-order chi connectivity index (χ1) is 9.01. The molecule has 1 aromatic heterocycles. The first kappa shape index (κ1) is 13.4. The Balaban J connectivity index is 2.28. The number of nitrogens with zero attached hydrogens (tertiary/aromatic N) is 1. The van der Waals surface area contributed by atoms with E-state index < -0.39 is 17.6 Å². The molecule has 0 aliphatic carbocycles. The van der Waals surface area contributed by atoms with Gasteiger partial charge >= 0.3 is 5.97 Å². The molecule has 2 rings (SSSR count). The zero-order chi connectivity index (χ0) is 14.0. The van der Waals surface area contributed by atoms with Gasteiger partial charge in [-0.05, 0) is 18.6 Å². The van der Waals surface area contributed by atoms with Crippen molar-refractivity contribution in [2.75, 3.05) is 5.32 Å². The molecule has 0 amide bonds. The summed E-state index contributed by atoms with van der Waals surface area (Å²) in [5.41, 5.74) is 0.773. The Morgan fingerprint density at radius 1 is 1.42 bits per heavy atom. The Kier molecular flexibility index (Phi) is 3.75. The lowest BCUT2D eigenvalue weighted by molar-refractivity contribution is 0.0701. The minimum absolute atomic E-state index is 0.146. The Labute approximate surface area is 111 Å². The summed E-state index contributed by atoms with van der Waals surface area (Å²) >= 11 is 0.959. The highest BCUT2D eigenvalue weighted by Crippen LogP contribution is 2.27. The van der Waals surface area contributed by atoms with E-state index in [2.05, 4.69) is 10.3 Å². The van der Waals surface area contributed by atoms with Gasteiger partial charge in [0.15, 0.2) is 16.8 Å². The first-order valence-corrected chi connectivity index (χ1v) is 6.28. The van der Waals surface area contributed by atoms with Crippen molar-refractivity contribution >= 4 is 28.1 Å². The van der Waals surface area contributed by atoms with Crippen molar-refractivity contribution in [1.29, 1.82) is 0 Å². The van der Waals surface area contributed by atoms with Crippen LogP contribution in [0.4, 0.5) is 19.6 Å². The molecule has 7 heteroatoms. The lowest BCUT2D eigenvalue weighted by Crippen LogP contribution is -1.97. The number of nitrogens with one attached hydrogen (secondary N) is 1. The van der Waals surface area contributed by atoms with Gasteiger partial charge < -0.3 is 10.4 Å². The van der Waals surface area contributed by atoms with E-state index in [-0.39, 0.29) is 4.88 Å². The van der Waals surface area contributed by atoms with Crippen molar-refractivity contribution in [2.45, 2.75) is 13.3 Å². The van der Waals surface area contributed by atoms with Crippen LogP contribution in [0.1, 0.15) is 22.3 Å². The number of aromatic carboxylic acids is 1. The topological polar surface area (TPSA) is 62.2 Å². The predicted octanol–water partition coefficient (Wildman–Crippen LogP) is 3.43. The summed E-state index contributed by atoms with van der Waals surface area (Å²) in [5.74, 6) is -2.96. The van der Waals surface area contributed by atoms with Crippen LogP contribution in [0.25, 0.3) is 0 Å². The predicted molar refractivity (Wildman–Crippen MR) is 68.1 cm³/mol. The van der Waals surface area contributed by atoms with E-state index >= 15 is 0 Å². The van der Waals surface area contributed by atoms with Crippen molar-refractivity contribution in [2.24, 2.45) is 0 Å². The number of halogens is 2. The van der Waals surface area contributed by atoms with Crippen LogP contribution in [0, 0.1) is 11.6 Å². The number of carbonyl (C=O) groups is 1. The van der Waals surface area contributed by atoms with E-state index in [1.807, 2.05) is 0 Å². The fourth-order valence-corrected chi connectivity index (χ4v) is 2.42. The molecule has 0 fully saturated rings. The summed E-state index contributed by atoms with van der Waals surface area (Å²) in [7, 11) is 0. The molecule has 0 saturated heterocycles. The van der Waals surface area contributed by atoms with E-state index in [0.717, 1.165) is 23.5 Å². The van der Waals surface area contributed by atoms with Crippen LogP contribution in [0.5, 0.6) is 0 Å². The van der Waals surface area contributed by atoms with Crippen molar-refractivity contribution < 1.29 is 18.7 Å². The molecule has 1 aromatic carbocycles. The highest BCUT2D eigenvalue weighted by molar-refractivity contribution is 7.17. The second-order valence-electron chi connectivity index (χ2n) is 3.71.